The Kier molecular flexibility index (Phi) is 10.9. The molecule has 0 bridgehead atoms. The summed E-state index contributed by atoms with van der Waals surface area (Å²) in [5.41, 5.74) is 1.45. The molecule has 1 aliphatic carbocycles. The van der Waals surface area contributed by atoms with Crippen molar-refractivity contribution in [2.75, 3.05) is 6.61 Å². The zero-order valence-corrected chi connectivity index (χ0v) is 24.0. The highest BCUT2D eigenvalue weighted by Gasteiger charge is 2.25. The van der Waals surface area contributed by atoms with E-state index in [1.165, 1.54) is 24.3 Å². The van der Waals surface area contributed by atoms with Crippen LogP contribution in [-0.4, -0.2) is 6.61 Å². The molecule has 0 heterocycles. The molecule has 3 aromatic carbocycles. The summed E-state index contributed by atoms with van der Waals surface area (Å²) >= 11 is 0. The highest BCUT2D eigenvalue weighted by Crippen LogP contribution is 2.39. The van der Waals surface area contributed by atoms with E-state index in [1.54, 1.807) is 18.2 Å². The largest absolute Gasteiger partial charge is 0.490 e. The van der Waals surface area contributed by atoms with Gasteiger partial charge in [0.25, 0.3) is 0 Å². The van der Waals surface area contributed by atoms with Crippen LogP contribution in [0.5, 0.6) is 5.75 Å². The minimum atomic E-state index is -1.09. The SMILES string of the molecule is CC=CCCc1ccc(C2CC=C(c3ccc(CCc4ccc(OCCCC)c(F)c4F)c(F)c3F)CC2)c(F)c1F. The fraction of sp³-hybridized carbons (Fsp3) is 0.371. The summed E-state index contributed by atoms with van der Waals surface area (Å²) < 4.78 is 94.0. The van der Waals surface area contributed by atoms with E-state index in [9.17, 15) is 17.6 Å². The summed E-state index contributed by atoms with van der Waals surface area (Å²) in [6.45, 7) is 4.11. The smallest absolute Gasteiger partial charge is 0.200 e. The molecule has 0 aromatic heterocycles. The van der Waals surface area contributed by atoms with Gasteiger partial charge >= 0.3 is 0 Å². The first kappa shape index (κ1) is 31.5. The van der Waals surface area contributed by atoms with Crippen LogP contribution in [0.4, 0.5) is 26.3 Å². The second-order valence-electron chi connectivity index (χ2n) is 10.7. The highest BCUT2D eigenvalue weighted by atomic mass is 19.2. The molecule has 0 fully saturated rings. The molecule has 7 heteroatoms. The van der Waals surface area contributed by atoms with Gasteiger partial charge in [-0.05, 0) is 98.1 Å². The Balaban J connectivity index is 1.43. The van der Waals surface area contributed by atoms with Gasteiger partial charge in [-0.3, -0.25) is 0 Å². The van der Waals surface area contributed by atoms with Crippen molar-refractivity contribution in [2.45, 2.75) is 77.6 Å². The van der Waals surface area contributed by atoms with Crippen LogP contribution in [0.1, 0.15) is 86.1 Å². The Labute approximate surface area is 243 Å². The molecule has 1 aliphatic rings. The van der Waals surface area contributed by atoms with E-state index in [2.05, 4.69) is 0 Å². The topological polar surface area (TPSA) is 9.23 Å². The van der Waals surface area contributed by atoms with Crippen molar-refractivity contribution in [1.29, 1.82) is 0 Å². The second-order valence-corrected chi connectivity index (χ2v) is 10.7. The van der Waals surface area contributed by atoms with Gasteiger partial charge in [-0.15, -0.1) is 0 Å². The zero-order chi connectivity index (χ0) is 30.2. The quantitative estimate of drug-likeness (QED) is 0.117. The second kappa shape index (κ2) is 14.6. The van der Waals surface area contributed by atoms with Crippen molar-refractivity contribution in [3.05, 3.63) is 117 Å². The molecule has 0 amide bonds. The number of ether oxygens (including phenoxy) is 1. The standard InChI is InChI=1S/C35H36F6O/c1-3-5-7-8-24-15-18-27(33(39)30(24)36)22-9-11-23(12-10-22)28-19-16-25(31(37)34(28)40)13-14-26-17-20-29(35(41)32(26)38)42-21-6-4-2/h3,5,11,15-20,22H,4,6-10,12-14,21H2,1-2H3. The summed E-state index contributed by atoms with van der Waals surface area (Å²) in [7, 11) is 0. The first-order valence-corrected chi connectivity index (χ1v) is 14.6. The molecule has 0 saturated carbocycles. The van der Waals surface area contributed by atoms with Gasteiger partial charge in [-0.2, -0.15) is 4.39 Å². The lowest BCUT2D eigenvalue weighted by atomic mass is 9.81. The zero-order valence-electron chi connectivity index (χ0n) is 24.0. The van der Waals surface area contributed by atoms with Gasteiger partial charge in [0.15, 0.2) is 34.8 Å². The first-order chi connectivity index (χ1) is 20.3. The number of halogens is 6. The lowest BCUT2D eigenvalue weighted by Crippen LogP contribution is -2.10. The third kappa shape index (κ3) is 7.11. The van der Waals surface area contributed by atoms with Gasteiger partial charge in [-0.25, -0.2) is 22.0 Å². The van der Waals surface area contributed by atoms with Gasteiger partial charge in [0.2, 0.25) is 5.82 Å². The van der Waals surface area contributed by atoms with Crippen molar-refractivity contribution in [3.8, 4) is 5.75 Å². The fourth-order valence-electron chi connectivity index (χ4n) is 5.38. The van der Waals surface area contributed by atoms with E-state index in [1.807, 2.05) is 26.0 Å². The third-order valence-corrected chi connectivity index (χ3v) is 7.91. The van der Waals surface area contributed by atoms with Crippen LogP contribution in [0, 0.1) is 34.9 Å². The average Bonchev–Trinajstić information content (AvgIpc) is 2.99. The molecule has 1 nitrogen and oxygen atoms in total. The maximum Gasteiger partial charge on any atom is 0.200 e. The lowest BCUT2D eigenvalue weighted by Gasteiger charge is -2.24. The summed E-state index contributed by atoms with van der Waals surface area (Å²) in [5, 5.41) is 0. The number of allylic oxidation sites excluding steroid dienone is 4. The van der Waals surface area contributed by atoms with Gasteiger partial charge in [-0.1, -0.05) is 61.9 Å². The number of unbranched alkanes of at least 4 members (excludes halogenated alkanes) is 1. The van der Waals surface area contributed by atoms with Crippen LogP contribution in [0.25, 0.3) is 5.57 Å². The summed E-state index contributed by atoms with van der Waals surface area (Å²) in [6.07, 6.45) is 9.30. The Hall–Kier alpha value is -3.48. The first-order valence-electron chi connectivity index (χ1n) is 14.6. The molecule has 0 radical (unpaired) electrons. The van der Waals surface area contributed by atoms with Crippen molar-refractivity contribution < 1.29 is 31.1 Å². The minimum absolute atomic E-state index is 0.0195. The van der Waals surface area contributed by atoms with Crippen molar-refractivity contribution in [2.24, 2.45) is 0 Å². The number of rotatable bonds is 12. The number of aryl methyl sites for hydroxylation is 3. The Morgan fingerprint density at radius 2 is 1.40 bits per heavy atom. The van der Waals surface area contributed by atoms with E-state index < -0.39 is 34.9 Å². The number of hydrogen-bond acceptors (Lipinski definition) is 1. The van der Waals surface area contributed by atoms with Crippen LogP contribution >= 0.6 is 0 Å². The molecule has 42 heavy (non-hydrogen) atoms. The van der Waals surface area contributed by atoms with Crippen LogP contribution in [0.2, 0.25) is 0 Å². The van der Waals surface area contributed by atoms with Crippen molar-refractivity contribution >= 4 is 5.57 Å². The molecular weight excluding hydrogens is 550 g/mol. The number of hydrogen-bond donors (Lipinski definition) is 0. The molecule has 1 atom stereocenters. The molecule has 0 saturated heterocycles. The van der Waals surface area contributed by atoms with Crippen molar-refractivity contribution in [3.63, 3.8) is 0 Å². The molecule has 0 spiro atoms. The number of benzene rings is 3. The van der Waals surface area contributed by atoms with Crippen LogP contribution in [0.3, 0.4) is 0 Å². The predicted octanol–water partition coefficient (Wildman–Crippen LogP) is 10.3. The van der Waals surface area contributed by atoms with Crippen LogP contribution in [-0.2, 0) is 19.3 Å². The summed E-state index contributed by atoms with van der Waals surface area (Å²) in [6, 6.07) is 8.95. The fourth-order valence-corrected chi connectivity index (χ4v) is 5.38. The van der Waals surface area contributed by atoms with E-state index in [0.29, 0.717) is 55.2 Å². The van der Waals surface area contributed by atoms with E-state index in [0.717, 1.165) is 6.42 Å². The molecule has 0 aliphatic heterocycles. The van der Waals surface area contributed by atoms with E-state index in [4.69, 9.17) is 4.74 Å². The monoisotopic (exact) mass is 586 g/mol. The Bertz CT molecular complexity index is 1460. The van der Waals surface area contributed by atoms with Crippen LogP contribution in [0.15, 0.2) is 54.6 Å². The van der Waals surface area contributed by atoms with Gasteiger partial charge in [0.05, 0.1) is 6.61 Å². The minimum Gasteiger partial charge on any atom is -0.490 e. The molecule has 0 N–H and O–H groups in total. The maximum absolute atomic E-state index is 15.1. The predicted molar refractivity (Wildman–Crippen MR) is 155 cm³/mol. The molecule has 3 aromatic rings. The molecule has 4 rings (SSSR count). The van der Waals surface area contributed by atoms with Gasteiger partial charge in [0.1, 0.15) is 0 Å². The normalized spacial score (nSPS) is 15.3. The molecular formula is C35H36F6O. The molecule has 1 unspecified atom stereocenters. The molecule has 224 valence electrons. The lowest BCUT2D eigenvalue weighted by molar-refractivity contribution is 0.288. The van der Waals surface area contributed by atoms with Gasteiger partial charge in [0, 0.05) is 5.56 Å². The summed E-state index contributed by atoms with van der Waals surface area (Å²) in [5.74, 6) is -6.28. The maximum atomic E-state index is 15.1. The van der Waals surface area contributed by atoms with Crippen LogP contribution < -0.4 is 4.74 Å². The average molecular weight is 587 g/mol. The van der Waals surface area contributed by atoms with E-state index in [-0.39, 0.29) is 47.8 Å². The Morgan fingerprint density at radius 1 is 0.762 bits per heavy atom. The Morgan fingerprint density at radius 3 is 2.07 bits per heavy atom. The third-order valence-electron chi connectivity index (χ3n) is 7.91. The van der Waals surface area contributed by atoms with Crippen molar-refractivity contribution in [1.82, 2.24) is 0 Å². The summed E-state index contributed by atoms with van der Waals surface area (Å²) in [4.78, 5) is 0. The highest BCUT2D eigenvalue weighted by molar-refractivity contribution is 5.67. The van der Waals surface area contributed by atoms with E-state index >= 15 is 8.78 Å². The van der Waals surface area contributed by atoms with Gasteiger partial charge < -0.3 is 4.74 Å².